The summed E-state index contributed by atoms with van der Waals surface area (Å²) >= 11 is 0. The van der Waals surface area contributed by atoms with Crippen molar-refractivity contribution in [1.82, 2.24) is 24.1 Å². The second-order valence-electron chi connectivity index (χ2n) is 11.8. The lowest BCUT2D eigenvalue weighted by atomic mass is 9.99. The Morgan fingerprint density at radius 3 is 1.40 bits per heavy atom. The van der Waals surface area contributed by atoms with Crippen molar-refractivity contribution in [2.24, 2.45) is 14.1 Å². The summed E-state index contributed by atoms with van der Waals surface area (Å²) < 4.78 is 3.35. The number of nitrogens with zero attached hydrogens (tertiary/aromatic N) is 5. The molecule has 0 aliphatic heterocycles. The summed E-state index contributed by atoms with van der Waals surface area (Å²) in [6.45, 7) is 0. The van der Waals surface area contributed by atoms with E-state index in [1.807, 2.05) is 66.7 Å². The number of hydrogen-bond acceptors (Lipinski definition) is 4. The highest BCUT2D eigenvalue weighted by molar-refractivity contribution is 5.84. The van der Waals surface area contributed by atoms with E-state index in [-0.39, 0.29) is 5.69 Å². The van der Waals surface area contributed by atoms with Gasteiger partial charge in [0, 0.05) is 30.8 Å². The monoisotopic (exact) mass is 621 g/mol. The summed E-state index contributed by atoms with van der Waals surface area (Å²) in [5.41, 5.74) is 11.0. The molecule has 6 nitrogen and oxygen atoms in total. The van der Waals surface area contributed by atoms with Crippen LogP contribution in [-0.4, -0.2) is 24.1 Å². The van der Waals surface area contributed by atoms with Gasteiger partial charge in [-0.15, -0.1) is 0 Å². The third-order valence-corrected chi connectivity index (χ3v) is 8.89. The minimum Gasteiger partial charge on any atom is -0.295 e. The van der Waals surface area contributed by atoms with Crippen LogP contribution in [0.15, 0.2) is 156 Å². The maximum atomic E-state index is 12.5. The van der Waals surface area contributed by atoms with E-state index >= 15 is 0 Å². The van der Waals surface area contributed by atoms with Gasteiger partial charge in [0.2, 0.25) is 0 Å². The van der Waals surface area contributed by atoms with Crippen LogP contribution in [0.5, 0.6) is 0 Å². The molecule has 0 unspecified atom stereocenters. The van der Waals surface area contributed by atoms with Crippen molar-refractivity contribution < 1.29 is 0 Å². The van der Waals surface area contributed by atoms with Crippen molar-refractivity contribution in [3.63, 3.8) is 0 Å². The highest BCUT2D eigenvalue weighted by Gasteiger charge is 2.16. The Kier molecular flexibility index (Phi) is 7.31. The molecule has 0 N–H and O–H groups in total. The molecule has 230 valence electrons. The Balaban J connectivity index is 1.23. The van der Waals surface area contributed by atoms with E-state index in [9.17, 15) is 4.79 Å². The zero-order chi connectivity index (χ0) is 32.6. The molecular weight excluding hydrogens is 590 g/mol. The number of hydrogen-bond donors (Lipinski definition) is 0. The second-order valence-corrected chi connectivity index (χ2v) is 11.8. The molecule has 0 saturated carbocycles. The van der Waals surface area contributed by atoms with Crippen molar-refractivity contribution in [1.29, 1.82) is 0 Å². The minimum absolute atomic E-state index is 0.0394. The van der Waals surface area contributed by atoms with Gasteiger partial charge in [-0.3, -0.25) is 9.13 Å². The van der Waals surface area contributed by atoms with Crippen LogP contribution in [0.3, 0.4) is 0 Å². The fourth-order valence-electron chi connectivity index (χ4n) is 6.24. The fourth-order valence-corrected chi connectivity index (χ4v) is 6.24. The predicted molar refractivity (Wildman–Crippen MR) is 194 cm³/mol. The van der Waals surface area contributed by atoms with E-state index in [4.69, 9.17) is 15.0 Å². The van der Waals surface area contributed by atoms with Crippen LogP contribution in [0.1, 0.15) is 0 Å². The number of imidazole rings is 1. The fraction of sp³-hybridized carbons (Fsp3) is 0.0476. The molecule has 0 fully saturated rings. The lowest BCUT2D eigenvalue weighted by Crippen LogP contribution is -2.19. The SMILES string of the molecule is Cn1c(=O)n(C)c2cc(-c3ccc(-c4nc(-c5ccc(-c6ccccc6)cc5)nc(-c5ccccc5-c5ccccc5)n4)cc3)ccc21. The van der Waals surface area contributed by atoms with Crippen molar-refractivity contribution in [2.45, 2.75) is 0 Å². The van der Waals surface area contributed by atoms with Gasteiger partial charge in [0.15, 0.2) is 17.5 Å². The summed E-state index contributed by atoms with van der Waals surface area (Å²) in [6.07, 6.45) is 0. The summed E-state index contributed by atoms with van der Waals surface area (Å²) in [5, 5.41) is 0. The lowest BCUT2D eigenvalue weighted by Gasteiger charge is -2.12. The van der Waals surface area contributed by atoms with Gasteiger partial charge in [0.05, 0.1) is 11.0 Å². The molecule has 8 rings (SSSR count). The average Bonchev–Trinajstić information content (AvgIpc) is 3.38. The molecular formula is C42H31N5O. The van der Waals surface area contributed by atoms with Gasteiger partial charge >= 0.3 is 5.69 Å². The standard InChI is InChI=1S/C42H31N5O/c1-46-37-26-25-34(27-38(37)47(2)42(46)48)30-19-23-33(24-20-30)40-43-39(32-21-17-29(18-22-32)28-11-5-3-6-12-28)44-41(45-40)36-16-10-9-15-35(36)31-13-7-4-8-14-31/h3-27H,1-2H3. The van der Waals surface area contributed by atoms with Gasteiger partial charge in [0.25, 0.3) is 0 Å². The predicted octanol–water partition coefficient (Wildman–Crippen LogP) is 9.06. The van der Waals surface area contributed by atoms with Crippen molar-refractivity contribution >= 4 is 11.0 Å². The number of rotatable bonds is 6. The Morgan fingerprint density at radius 2 is 0.792 bits per heavy atom. The molecule has 0 amide bonds. The lowest BCUT2D eigenvalue weighted by molar-refractivity contribution is 0.795. The maximum Gasteiger partial charge on any atom is 0.328 e. The van der Waals surface area contributed by atoms with Crippen molar-refractivity contribution in [3.05, 3.63) is 162 Å². The summed E-state index contributed by atoms with van der Waals surface area (Å²) in [5.74, 6) is 1.82. The summed E-state index contributed by atoms with van der Waals surface area (Å²) in [7, 11) is 3.60. The van der Waals surface area contributed by atoms with Crippen LogP contribution >= 0.6 is 0 Å². The number of aryl methyl sites for hydroxylation is 2. The van der Waals surface area contributed by atoms with Gasteiger partial charge < -0.3 is 0 Å². The smallest absolute Gasteiger partial charge is 0.295 e. The van der Waals surface area contributed by atoms with E-state index < -0.39 is 0 Å². The summed E-state index contributed by atoms with van der Waals surface area (Å²) in [4.78, 5) is 27.6. The van der Waals surface area contributed by atoms with Crippen LogP contribution < -0.4 is 5.69 Å². The van der Waals surface area contributed by atoms with E-state index in [0.717, 1.165) is 61.1 Å². The molecule has 6 heteroatoms. The van der Waals surface area contributed by atoms with Crippen LogP contribution in [0.4, 0.5) is 0 Å². The molecule has 0 bridgehead atoms. The Hall–Kier alpha value is -6.40. The quantitative estimate of drug-likeness (QED) is 0.186. The van der Waals surface area contributed by atoms with Gasteiger partial charge in [-0.2, -0.15) is 0 Å². The van der Waals surface area contributed by atoms with Crippen LogP contribution in [-0.2, 0) is 14.1 Å². The molecule has 48 heavy (non-hydrogen) atoms. The van der Waals surface area contributed by atoms with E-state index in [2.05, 4.69) is 84.9 Å². The van der Waals surface area contributed by atoms with Gasteiger partial charge in [0.1, 0.15) is 0 Å². The first kappa shape index (κ1) is 29.0. The molecule has 2 aromatic heterocycles. The minimum atomic E-state index is -0.0394. The molecule has 8 aromatic rings. The topological polar surface area (TPSA) is 65.6 Å². The first-order chi connectivity index (χ1) is 23.5. The van der Waals surface area contributed by atoms with Gasteiger partial charge in [-0.25, -0.2) is 19.7 Å². The average molecular weight is 622 g/mol. The highest BCUT2D eigenvalue weighted by atomic mass is 16.1. The largest absolute Gasteiger partial charge is 0.328 e. The maximum absolute atomic E-state index is 12.5. The number of aromatic nitrogens is 5. The highest BCUT2D eigenvalue weighted by Crippen LogP contribution is 2.33. The van der Waals surface area contributed by atoms with Gasteiger partial charge in [-0.05, 0) is 45.5 Å². The van der Waals surface area contributed by atoms with Crippen molar-refractivity contribution in [2.75, 3.05) is 0 Å². The van der Waals surface area contributed by atoms with E-state index in [1.54, 1.807) is 23.2 Å². The molecule has 2 heterocycles. The van der Waals surface area contributed by atoms with Crippen LogP contribution in [0.2, 0.25) is 0 Å². The normalized spacial score (nSPS) is 11.2. The number of benzene rings is 6. The van der Waals surface area contributed by atoms with Crippen molar-refractivity contribution in [3.8, 4) is 67.5 Å². The Bertz CT molecular complexity index is 2460. The molecule has 6 aromatic carbocycles. The molecule has 0 aliphatic rings. The number of fused-ring (bicyclic) bond motifs is 1. The first-order valence-corrected chi connectivity index (χ1v) is 15.9. The Morgan fingerprint density at radius 1 is 0.375 bits per heavy atom. The molecule has 0 aliphatic carbocycles. The second kappa shape index (κ2) is 12.1. The van der Waals surface area contributed by atoms with Crippen LogP contribution in [0, 0.1) is 0 Å². The van der Waals surface area contributed by atoms with E-state index in [1.165, 1.54) is 0 Å². The molecule has 0 spiro atoms. The van der Waals surface area contributed by atoms with Gasteiger partial charge in [-0.1, -0.05) is 140 Å². The molecule has 0 saturated heterocycles. The Labute approximate surface area is 278 Å². The zero-order valence-electron chi connectivity index (χ0n) is 26.6. The first-order valence-electron chi connectivity index (χ1n) is 15.9. The zero-order valence-corrected chi connectivity index (χ0v) is 26.6. The third-order valence-electron chi connectivity index (χ3n) is 8.89. The molecule has 0 atom stereocenters. The van der Waals surface area contributed by atoms with E-state index in [0.29, 0.717) is 17.5 Å². The summed E-state index contributed by atoms with van der Waals surface area (Å²) in [6, 6.07) is 51.6. The third kappa shape index (κ3) is 5.29. The molecule has 0 radical (unpaired) electrons. The van der Waals surface area contributed by atoms with Crippen LogP contribution in [0.25, 0.3) is 78.6 Å².